The zero-order chi connectivity index (χ0) is 9.60. The Labute approximate surface area is 87.4 Å². The lowest BCUT2D eigenvalue weighted by Gasteiger charge is -2.33. The van der Waals surface area contributed by atoms with E-state index >= 15 is 0 Å². The van der Waals surface area contributed by atoms with E-state index in [-0.39, 0.29) is 0 Å². The molecule has 3 aliphatic carbocycles. The molecule has 0 aromatic heterocycles. The molecule has 0 aliphatic heterocycles. The van der Waals surface area contributed by atoms with Gasteiger partial charge in [-0.1, -0.05) is 38.5 Å². The van der Waals surface area contributed by atoms with Gasteiger partial charge in [0.2, 0.25) is 0 Å². The van der Waals surface area contributed by atoms with Gasteiger partial charge in [-0.05, 0) is 37.0 Å². The summed E-state index contributed by atoms with van der Waals surface area (Å²) in [6.45, 7) is 0. The van der Waals surface area contributed by atoms with Crippen molar-refractivity contribution in [2.75, 3.05) is 0 Å². The molecule has 1 nitrogen and oxygen atoms in total. The maximum absolute atomic E-state index is 6.58. The standard InChI is InChI=1S/C13H23N/c14-13(11-7-2-1-3-8-11)9-12(13)10-5-4-6-10/h10-12H,1-9,14H2. The van der Waals surface area contributed by atoms with Gasteiger partial charge in [-0.2, -0.15) is 0 Å². The molecule has 1 heteroatoms. The average Bonchev–Trinajstić information content (AvgIpc) is 2.78. The van der Waals surface area contributed by atoms with Gasteiger partial charge in [-0.3, -0.25) is 0 Å². The van der Waals surface area contributed by atoms with E-state index in [9.17, 15) is 0 Å². The fourth-order valence-corrected chi connectivity index (χ4v) is 3.88. The van der Waals surface area contributed by atoms with E-state index in [4.69, 9.17) is 5.73 Å². The van der Waals surface area contributed by atoms with Crippen LogP contribution in [0.3, 0.4) is 0 Å². The molecule has 3 aliphatic rings. The minimum atomic E-state index is 0.311. The monoisotopic (exact) mass is 193 g/mol. The first kappa shape index (κ1) is 9.21. The summed E-state index contributed by atoms with van der Waals surface area (Å²) < 4.78 is 0. The van der Waals surface area contributed by atoms with Crippen LogP contribution in [0.2, 0.25) is 0 Å². The van der Waals surface area contributed by atoms with E-state index in [1.807, 2.05) is 0 Å². The highest BCUT2D eigenvalue weighted by Gasteiger charge is 2.59. The predicted octanol–water partition coefficient (Wildman–Crippen LogP) is 3.08. The van der Waals surface area contributed by atoms with Crippen LogP contribution in [-0.4, -0.2) is 5.54 Å². The van der Waals surface area contributed by atoms with Gasteiger partial charge in [0.15, 0.2) is 0 Å². The summed E-state index contributed by atoms with van der Waals surface area (Å²) in [6.07, 6.45) is 13.0. The van der Waals surface area contributed by atoms with E-state index in [0.29, 0.717) is 5.54 Å². The van der Waals surface area contributed by atoms with Crippen molar-refractivity contribution in [3.63, 3.8) is 0 Å². The van der Waals surface area contributed by atoms with Crippen molar-refractivity contribution < 1.29 is 0 Å². The van der Waals surface area contributed by atoms with Crippen molar-refractivity contribution in [1.29, 1.82) is 0 Å². The van der Waals surface area contributed by atoms with Crippen LogP contribution >= 0.6 is 0 Å². The molecule has 3 saturated carbocycles. The lowest BCUT2D eigenvalue weighted by atomic mass is 9.75. The molecule has 2 N–H and O–H groups in total. The van der Waals surface area contributed by atoms with Crippen LogP contribution in [0.4, 0.5) is 0 Å². The van der Waals surface area contributed by atoms with Crippen molar-refractivity contribution in [1.82, 2.24) is 0 Å². The summed E-state index contributed by atoms with van der Waals surface area (Å²) >= 11 is 0. The summed E-state index contributed by atoms with van der Waals surface area (Å²) in [5.74, 6) is 2.85. The Balaban J connectivity index is 1.61. The van der Waals surface area contributed by atoms with Gasteiger partial charge >= 0.3 is 0 Å². The topological polar surface area (TPSA) is 26.0 Å². The SMILES string of the molecule is NC1(C2CCCCC2)CC1C1CCC1. The van der Waals surface area contributed by atoms with Crippen LogP contribution in [-0.2, 0) is 0 Å². The minimum Gasteiger partial charge on any atom is -0.325 e. The van der Waals surface area contributed by atoms with Crippen molar-refractivity contribution in [3.8, 4) is 0 Å². The van der Waals surface area contributed by atoms with Gasteiger partial charge in [-0.25, -0.2) is 0 Å². The maximum atomic E-state index is 6.58. The molecule has 3 rings (SSSR count). The van der Waals surface area contributed by atoms with Gasteiger partial charge in [0, 0.05) is 5.54 Å². The van der Waals surface area contributed by atoms with E-state index in [1.165, 1.54) is 57.8 Å². The molecule has 0 saturated heterocycles. The molecule has 0 heterocycles. The third kappa shape index (κ3) is 1.32. The molecule has 0 bridgehead atoms. The molecule has 0 spiro atoms. The molecular weight excluding hydrogens is 170 g/mol. The van der Waals surface area contributed by atoms with Gasteiger partial charge in [0.05, 0.1) is 0 Å². The summed E-state index contributed by atoms with van der Waals surface area (Å²) in [5.41, 5.74) is 6.89. The summed E-state index contributed by atoms with van der Waals surface area (Å²) in [4.78, 5) is 0. The van der Waals surface area contributed by atoms with E-state index in [2.05, 4.69) is 0 Å². The summed E-state index contributed by atoms with van der Waals surface area (Å²) in [6, 6.07) is 0. The van der Waals surface area contributed by atoms with Crippen LogP contribution in [0, 0.1) is 17.8 Å². The zero-order valence-corrected chi connectivity index (χ0v) is 9.17. The first-order chi connectivity index (χ1) is 6.81. The molecule has 2 unspecified atom stereocenters. The fourth-order valence-electron chi connectivity index (χ4n) is 3.88. The lowest BCUT2D eigenvalue weighted by molar-refractivity contribution is 0.211. The third-order valence-corrected chi connectivity index (χ3v) is 5.19. The highest BCUT2D eigenvalue weighted by atomic mass is 14.9. The highest BCUT2D eigenvalue weighted by molar-refractivity contribution is 5.14. The molecular formula is C13H23N. The minimum absolute atomic E-state index is 0.311. The van der Waals surface area contributed by atoms with Crippen molar-refractivity contribution in [3.05, 3.63) is 0 Å². The second-order valence-electron chi connectivity index (χ2n) is 5.95. The number of hydrogen-bond acceptors (Lipinski definition) is 1. The van der Waals surface area contributed by atoms with Gasteiger partial charge in [0.25, 0.3) is 0 Å². The normalized spacial score (nSPS) is 44.8. The Morgan fingerprint density at radius 1 is 0.857 bits per heavy atom. The van der Waals surface area contributed by atoms with Crippen molar-refractivity contribution in [2.24, 2.45) is 23.5 Å². The van der Waals surface area contributed by atoms with E-state index in [1.54, 1.807) is 0 Å². The first-order valence-corrected chi connectivity index (χ1v) is 6.59. The van der Waals surface area contributed by atoms with Crippen LogP contribution < -0.4 is 5.73 Å². The van der Waals surface area contributed by atoms with Gasteiger partial charge < -0.3 is 5.73 Å². The molecule has 0 radical (unpaired) electrons. The number of nitrogens with two attached hydrogens (primary N) is 1. The smallest absolute Gasteiger partial charge is 0.0218 e. The highest BCUT2D eigenvalue weighted by Crippen LogP contribution is 2.58. The van der Waals surface area contributed by atoms with E-state index in [0.717, 1.165) is 17.8 Å². The Kier molecular flexibility index (Phi) is 2.12. The molecule has 2 atom stereocenters. The maximum Gasteiger partial charge on any atom is 0.0218 e. The summed E-state index contributed by atoms with van der Waals surface area (Å²) in [7, 11) is 0. The second-order valence-corrected chi connectivity index (χ2v) is 5.95. The van der Waals surface area contributed by atoms with Crippen LogP contribution in [0.1, 0.15) is 57.8 Å². The fraction of sp³-hybridized carbons (Fsp3) is 1.00. The number of rotatable bonds is 2. The van der Waals surface area contributed by atoms with Crippen LogP contribution in [0.15, 0.2) is 0 Å². The average molecular weight is 193 g/mol. The molecule has 80 valence electrons. The Bertz CT molecular complexity index is 215. The molecule has 14 heavy (non-hydrogen) atoms. The molecule has 0 amide bonds. The van der Waals surface area contributed by atoms with Crippen LogP contribution in [0.5, 0.6) is 0 Å². The molecule has 3 fully saturated rings. The Hall–Kier alpha value is -0.0400. The third-order valence-electron chi connectivity index (χ3n) is 5.19. The number of hydrogen-bond donors (Lipinski definition) is 1. The zero-order valence-electron chi connectivity index (χ0n) is 9.17. The molecule has 0 aromatic rings. The first-order valence-electron chi connectivity index (χ1n) is 6.59. The van der Waals surface area contributed by atoms with Gasteiger partial charge in [0.1, 0.15) is 0 Å². The largest absolute Gasteiger partial charge is 0.325 e. The second kappa shape index (κ2) is 3.23. The quantitative estimate of drug-likeness (QED) is 0.716. The van der Waals surface area contributed by atoms with Gasteiger partial charge in [-0.15, -0.1) is 0 Å². The summed E-state index contributed by atoms with van der Waals surface area (Å²) in [5, 5.41) is 0. The van der Waals surface area contributed by atoms with Crippen LogP contribution in [0.25, 0.3) is 0 Å². The molecule has 0 aromatic carbocycles. The Morgan fingerprint density at radius 3 is 2.14 bits per heavy atom. The van der Waals surface area contributed by atoms with E-state index < -0.39 is 0 Å². The van der Waals surface area contributed by atoms with Crippen molar-refractivity contribution in [2.45, 2.75) is 63.3 Å². The Morgan fingerprint density at radius 2 is 1.57 bits per heavy atom. The van der Waals surface area contributed by atoms with Crippen molar-refractivity contribution >= 4 is 0 Å². The predicted molar refractivity (Wildman–Crippen MR) is 58.9 cm³/mol. The lowest BCUT2D eigenvalue weighted by Crippen LogP contribution is -2.38.